The van der Waals surface area contributed by atoms with Crippen LogP contribution in [-0.4, -0.2) is 13.2 Å². The molecule has 0 saturated heterocycles. The van der Waals surface area contributed by atoms with E-state index in [1.54, 1.807) is 12.1 Å². The zero-order chi connectivity index (χ0) is 13.7. The average molecular weight is 265 g/mol. The van der Waals surface area contributed by atoms with E-state index < -0.39 is 0 Å². The van der Waals surface area contributed by atoms with Gasteiger partial charge in [-0.25, -0.2) is 4.39 Å². The van der Waals surface area contributed by atoms with Crippen LogP contribution in [0.5, 0.6) is 5.75 Å². The fraction of sp³-hybridized carbons (Fsp3) is 0.625. The second-order valence-electron chi connectivity index (χ2n) is 5.46. The Balaban J connectivity index is 2.05. The Bertz CT molecular complexity index is 408. The minimum absolute atomic E-state index is 0.201. The standard InChI is InChI=1S/C16H24FNO/c1-3-12-5-4-6-15(9-12)19-16-8-7-14(17)10-13(16)11-18-2/h7-8,10,12,15,18H,3-6,9,11H2,1-2H3. The van der Waals surface area contributed by atoms with Crippen molar-refractivity contribution >= 4 is 0 Å². The summed E-state index contributed by atoms with van der Waals surface area (Å²) in [4.78, 5) is 0. The lowest BCUT2D eigenvalue weighted by Crippen LogP contribution is -2.25. The van der Waals surface area contributed by atoms with Crippen molar-refractivity contribution in [2.75, 3.05) is 7.05 Å². The monoisotopic (exact) mass is 265 g/mol. The third kappa shape index (κ3) is 3.93. The molecule has 1 aromatic carbocycles. The highest BCUT2D eigenvalue weighted by Crippen LogP contribution is 2.31. The highest BCUT2D eigenvalue weighted by Gasteiger charge is 2.22. The molecule has 0 bridgehead atoms. The molecule has 0 spiro atoms. The molecule has 0 aromatic heterocycles. The summed E-state index contributed by atoms with van der Waals surface area (Å²) < 4.78 is 19.4. The van der Waals surface area contributed by atoms with Gasteiger partial charge < -0.3 is 10.1 Å². The van der Waals surface area contributed by atoms with Gasteiger partial charge in [0, 0.05) is 12.1 Å². The maximum absolute atomic E-state index is 13.3. The van der Waals surface area contributed by atoms with Gasteiger partial charge in [0.1, 0.15) is 11.6 Å². The third-order valence-corrected chi connectivity index (χ3v) is 4.00. The molecule has 0 amide bonds. The zero-order valence-corrected chi connectivity index (χ0v) is 11.9. The molecule has 2 nitrogen and oxygen atoms in total. The lowest BCUT2D eigenvalue weighted by Gasteiger charge is -2.29. The van der Waals surface area contributed by atoms with E-state index in [4.69, 9.17) is 4.74 Å². The first-order valence-corrected chi connectivity index (χ1v) is 7.32. The summed E-state index contributed by atoms with van der Waals surface area (Å²) in [5.74, 6) is 1.41. The average Bonchev–Trinajstić information content (AvgIpc) is 2.42. The first-order valence-electron chi connectivity index (χ1n) is 7.32. The highest BCUT2D eigenvalue weighted by molar-refractivity contribution is 5.34. The Hall–Kier alpha value is -1.09. The predicted octanol–water partition coefficient (Wildman–Crippen LogP) is 3.89. The van der Waals surface area contributed by atoms with Gasteiger partial charge in [-0.15, -0.1) is 0 Å². The van der Waals surface area contributed by atoms with Crippen molar-refractivity contribution in [3.8, 4) is 5.75 Å². The SMILES string of the molecule is CCC1CCCC(Oc2ccc(F)cc2CNC)C1. The van der Waals surface area contributed by atoms with E-state index in [0.29, 0.717) is 12.6 Å². The van der Waals surface area contributed by atoms with Gasteiger partial charge in [0.15, 0.2) is 0 Å². The number of ether oxygens (including phenoxy) is 1. The van der Waals surface area contributed by atoms with Crippen LogP contribution in [0.1, 0.15) is 44.6 Å². The second-order valence-corrected chi connectivity index (χ2v) is 5.46. The van der Waals surface area contributed by atoms with Crippen molar-refractivity contribution < 1.29 is 9.13 Å². The maximum Gasteiger partial charge on any atom is 0.124 e. The number of rotatable bonds is 5. The van der Waals surface area contributed by atoms with Gasteiger partial charge in [-0.2, -0.15) is 0 Å². The van der Waals surface area contributed by atoms with E-state index >= 15 is 0 Å². The third-order valence-electron chi connectivity index (χ3n) is 4.00. The Kier molecular flexibility index (Phi) is 5.20. The molecule has 1 fully saturated rings. The van der Waals surface area contributed by atoms with Gasteiger partial charge in [-0.05, 0) is 50.4 Å². The number of halogens is 1. The summed E-state index contributed by atoms with van der Waals surface area (Å²) in [7, 11) is 1.86. The van der Waals surface area contributed by atoms with Crippen molar-refractivity contribution in [2.24, 2.45) is 5.92 Å². The van der Waals surface area contributed by atoms with Crippen LogP contribution in [0, 0.1) is 11.7 Å². The first kappa shape index (κ1) is 14.3. The van der Waals surface area contributed by atoms with Gasteiger partial charge in [0.25, 0.3) is 0 Å². The largest absolute Gasteiger partial charge is 0.490 e. The summed E-state index contributed by atoms with van der Waals surface area (Å²) in [5, 5.41) is 3.06. The van der Waals surface area contributed by atoms with Crippen LogP contribution in [-0.2, 0) is 6.54 Å². The lowest BCUT2D eigenvalue weighted by atomic mass is 9.85. The molecule has 2 atom stereocenters. The van der Waals surface area contributed by atoms with Crippen molar-refractivity contribution in [1.82, 2.24) is 5.32 Å². The molecule has 19 heavy (non-hydrogen) atoms. The molecule has 1 aromatic rings. The normalized spacial score (nSPS) is 23.3. The minimum Gasteiger partial charge on any atom is -0.490 e. The van der Waals surface area contributed by atoms with Crippen molar-refractivity contribution in [1.29, 1.82) is 0 Å². The molecule has 0 heterocycles. The van der Waals surface area contributed by atoms with Crippen LogP contribution in [0.3, 0.4) is 0 Å². The second kappa shape index (κ2) is 6.90. The van der Waals surface area contributed by atoms with Crippen LogP contribution in [0.15, 0.2) is 18.2 Å². The van der Waals surface area contributed by atoms with Crippen LogP contribution in [0.2, 0.25) is 0 Å². The van der Waals surface area contributed by atoms with E-state index in [0.717, 1.165) is 30.1 Å². The fourth-order valence-corrected chi connectivity index (χ4v) is 2.89. The van der Waals surface area contributed by atoms with Crippen LogP contribution in [0.4, 0.5) is 4.39 Å². The maximum atomic E-state index is 13.3. The quantitative estimate of drug-likeness (QED) is 0.872. The molecule has 2 rings (SSSR count). The van der Waals surface area contributed by atoms with Crippen LogP contribution < -0.4 is 10.1 Å². The Morgan fingerprint density at radius 3 is 2.95 bits per heavy atom. The number of benzene rings is 1. The summed E-state index contributed by atoms with van der Waals surface area (Å²) in [6.07, 6.45) is 6.33. The molecule has 0 radical (unpaired) electrons. The van der Waals surface area contributed by atoms with E-state index in [1.165, 1.54) is 25.3 Å². The van der Waals surface area contributed by atoms with Crippen molar-refractivity contribution in [2.45, 2.75) is 51.7 Å². The van der Waals surface area contributed by atoms with Gasteiger partial charge in [-0.3, -0.25) is 0 Å². The minimum atomic E-state index is -0.201. The molecule has 2 unspecified atom stereocenters. The number of nitrogens with one attached hydrogen (secondary N) is 1. The summed E-state index contributed by atoms with van der Waals surface area (Å²) in [6, 6.07) is 4.80. The topological polar surface area (TPSA) is 21.3 Å². The summed E-state index contributed by atoms with van der Waals surface area (Å²) >= 11 is 0. The molecule has 106 valence electrons. The molecule has 0 aliphatic heterocycles. The lowest BCUT2D eigenvalue weighted by molar-refractivity contribution is 0.120. The van der Waals surface area contributed by atoms with Crippen molar-refractivity contribution in [3.63, 3.8) is 0 Å². The van der Waals surface area contributed by atoms with Crippen LogP contribution in [0.25, 0.3) is 0 Å². The van der Waals surface area contributed by atoms with Gasteiger partial charge in [0.2, 0.25) is 0 Å². The van der Waals surface area contributed by atoms with Gasteiger partial charge >= 0.3 is 0 Å². The summed E-state index contributed by atoms with van der Waals surface area (Å²) in [5.41, 5.74) is 0.904. The van der Waals surface area contributed by atoms with Crippen molar-refractivity contribution in [3.05, 3.63) is 29.6 Å². The molecule has 1 aliphatic rings. The smallest absolute Gasteiger partial charge is 0.124 e. The van der Waals surface area contributed by atoms with E-state index in [2.05, 4.69) is 12.2 Å². The Labute approximate surface area is 115 Å². The Morgan fingerprint density at radius 1 is 1.37 bits per heavy atom. The van der Waals surface area contributed by atoms with Crippen LogP contribution >= 0.6 is 0 Å². The molecular formula is C16H24FNO. The summed E-state index contributed by atoms with van der Waals surface area (Å²) in [6.45, 7) is 2.88. The molecule has 3 heteroatoms. The zero-order valence-electron chi connectivity index (χ0n) is 11.9. The van der Waals surface area contributed by atoms with E-state index in [9.17, 15) is 4.39 Å². The number of hydrogen-bond donors (Lipinski definition) is 1. The fourth-order valence-electron chi connectivity index (χ4n) is 2.89. The predicted molar refractivity (Wildman–Crippen MR) is 75.8 cm³/mol. The highest BCUT2D eigenvalue weighted by atomic mass is 19.1. The number of hydrogen-bond acceptors (Lipinski definition) is 2. The van der Waals surface area contributed by atoms with Gasteiger partial charge in [-0.1, -0.05) is 19.8 Å². The molecule has 1 N–H and O–H groups in total. The van der Waals surface area contributed by atoms with E-state index in [1.807, 2.05) is 7.05 Å². The molecular weight excluding hydrogens is 241 g/mol. The van der Waals surface area contributed by atoms with Gasteiger partial charge in [0.05, 0.1) is 6.10 Å². The Morgan fingerprint density at radius 2 is 2.21 bits per heavy atom. The molecule has 1 saturated carbocycles. The van der Waals surface area contributed by atoms with E-state index in [-0.39, 0.29) is 5.82 Å². The molecule has 1 aliphatic carbocycles. The first-order chi connectivity index (χ1) is 9.22.